The first kappa shape index (κ1) is 19.9. The lowest BCUT2D eigenvalue weighted by molar-refractivity contribution is 0.305. The summed E-state index contributed by atoms with van der Waals surface area (Å²) >= 11 is 0. The molecule has 0 N–H and O–H groups in total. The van der Waals surface area contributed by atoms with Crippen molar-refractivity contribution in [3.63, 3.8) is 0 Å². The molecule has 0 spiro atoms. The van der Waals surface area contributed by atoms with Crippen molar-refractivity contribution >= 4 is 20.9 Å². The predicted octanol–water partition coefficient (Wildman–Crippen LogP) is 4.98. The van der Waals surface area contributed by atoms with Gasteiger partial charge in [0, 0.05) is 24.2 Å². The van der Waals surface area contributed by atoms with E-state index in [0.29, 0.717) is 18.5 Å². The van der Waals surface area contributed by atoms with Gasteiger partial charge in [0.1, 0.15) is 4.90 Å². The van der Waals surface area contributed by atoms with E-state index in [0.717, 1.165) is 29.4 Å². The Morgan fingerprint density at radius 3 is 2.42 bits per heavy atom. The minimum atomic E-state index is -3.75. The highest BCUT2D eigenvalue weighted by molar-refractivity contribution is 7.89. The van der Waals surface area contributed by atoms with Gasteiger partial charge in [-0.05, 0) is 48.1 Å². The Kier molecular flexibility index (Phi) is 5.30. The van der Waals surface area contributed by atoms with Gasteiger partial charge in [0.05, 0.1) is 5.52 Å². The molecule has 31 heavy (non-hydrogen) atoms. The molecule has 1 atom stereocenters. The molecule has 156 valence electrons. The maximum Gasteiger partial charge on any atom is 0.245 e. The summed E-state index contributed by atoms with van der Waals surface area (Å²) in [6.45, 7) is 0.374. The van der Waals surface area contributed by atoms with E-state index in [-0.39, 0.29) is 10.9 Å². The van der Waals surface area contributed by atoms with E-state index in [2.05, 4.69) is 23.2 Å². The van der Waals surface area contributed by atoms with Crippen molar-refractivity contribution < 1.29 is 8.42 Å². The monoisotopic (exact) mass is 428 g/mol. The molecule has 2 heterocycles. The van der Waals surface area contributed by atoms with Crippen LogP contribution in [0.5, 0.6) is 0 Å². The fourth-order valence-corrected chi connectivity index (χ4v) is 6.30. The number of aromatic nitrogens is 1. The van der Waals surface area contributed by atoms with Gasteiger partial charge < -0.3 is 0 Å². The summed E-state index contributed by atoms with van der Waals surface area (Å²) in [5, 5.41) is 0.832. The number of sulfonamides is 1. The molecule has 0 radical (unpaired) electrons. The molecule has 5 rings (SSSR count). The van der Waals surface area contributed by atoms with Gasteiger partial charge in [-0.3, -0.25) is 4.98 Å². The molecule has 1 aliphatic heterocycles. The van der Waals surface area contributed by atoms with Crippen molar-refractivity contribution in [2.75, 3.05) is 0 Å². The number of hydrogen-bond donors (Lipinski definition) is 0. The van der Waals surface area contributed by atoms with E-state index < -0.39 is 10.0 Å². The van der Waals surface area contributed by atoms with Crippen LogP contribution in [0.3, 0.4) is 0 Å². The maximum atomic E-state index is 14.1. The quantitative estimate of drug-likeness (QED) is 0.460. The number of nitrogens with zero attached hydrogens (tertiary/aromatic N) is 2. The van der Waals surface area contributed by atoms with Gasteiger partial charge in [-0.1, -0.05) is 72.8 Å². The molecule has 0 amide bonds. The summed E-state index contributed by atoms with van der Waals surface area (Å²) in [7, 11) is -3.75. The van der Waals surface area contributed by atoms with Gasteiger partial charge >= 0.3 is 0 Å². The molecular weight excluding hydrogens is 404 g/mol. The highest BCUT2D eigenvalue weighted by atomic mass is 32.2. The van der Waals surface area contributed by atoms with Crippen molar-refractivity contribution in [2.24, 2.45) is 0 Å². The number of hydrogen-bond acceptors (Lipinski definition) is 3. The number of rotatable bonds is 4. The third-order valence-corrected chi connectivity index (χ3v) is 8.03. The lowest BCUT2D eigenvalue weighted by Gasteiger charge is -2.30. The molecule has 4 nitrogen and oxygen atoms in total. The second-order valence-corrected chi connectivity index (χ2v) is 9.89. The zero-order valence-corrected chi connectivity index (χ0v) is 18.0. The summed E-state index contributed by atoms with van der Waals surface area (Å²) in [6, 6.07) is 27.3. The smallest absolute Gasteiger partial charge is 0.245 e. The molecule has 0 bridgehead atoms. The number of benzene rings is 3. The second kappa shape index (κ2) is 8.25. The number of para-hydroxylation sites is 1. The molecular formula is C26H24N2O2S. The topological polar surface area (TPSA) is 50.3 Å². The van der Waals surface area contributed by atoms with Crippen LogP contribution in [0.2, 0.25) is 0 Å². The summed E-state index contributed by atoms with van der Waals surface area (Å²) < 4.78 is 29.8. The average Bonchev–Trinajstić information content (AvgIpc) is 2.99. The highest BCUT2D eigenvalue weighted by Crippen LogP contribution is 2.32. The Balaban J connectivity index is 1.62. The molecule has 1 unspecified atom stereocenters. The lowest BCUT2D eigenvalue weighted by Crippen LogP contribution is -2.40. The van der Waals surface area contributed by atoms with Crippen LogP contribution < -0.4 is 0 Å². The third-order valence-electron chi connectivity index (χ3n) is 6.10. The molecule has 0 saturated heterocycles. The van der Waals surface area contributed by atoms with E-state index in [1.165, 1.54) is 5.56 Å². The van der Waals surface area contributed by atoms with Gasteiger partial charge in [0.2, 0.25) is 10.0 Å². The van der Waals surface area contributed by atoms with Crippen molar-refractivity contribution in [1.82, 2.24) is 9.29 Å². The van der Waals surface area contributed by atoms with Gasteiger partial charge in [0.15, 0.2) is 0 Å². The Labute approximate surface area is 183 Å². The Hall–Kier alpha value is -3.02. The van der Waals surface area contributed by atoms with E-state index in [1.54, 1.807) is 22.6 Å². The first-order valence-electron chi connectivity index (χ1n) is 10.6. The minimum absolute atomic E-state index is 0.126. The number of pyridine rings is 1. The Morgan fingerprint density at radius 1 is 0.839 bits per heavy atom. The summed E-state index contributed by atoms with van der Waals surface area (Å²) in [5.74, 6) is 0. The molecule has 0 fully saturated rings. The van der Waals surface area contributed by atoms with Crippen molar-refractivity contribution in [3.05, 3.63) is 108 Å². The van der Waals surface area contributed by atoms with Crippen molar-refractivity contribution in [2.45, 2.75) is 36.7 Å². The fourth-order valence-electron chi connectivity index (χ4n) is 4.50. The van der Waals surface area contributed by atoms with Crippen LogP contribution in [0.25, 0.3) is 10.9 Å². The van der Waals surface area contributed by atoms with Crippen LogP contribution in [0.4, 0.5) is 0 Å². The Morgan fingerprint density at radius 2 is 1.58 bits per heavy atom. The molecule has 0 saturated carbocycles. The zero-order valence-electron chi connectivity index (χ0n) is 17.2. The molecule has 1 aliphatic rings. The van der Waals surface area contributed by atoms with Gasteiger partial charge in [-0.15, -0.1) is 0 Å². The largest absolute Gasteiger partial charge is 0.255 e. The second-order valence-electron chi connectivity index (χ2n) is 8.03. The van der Waals surface area contributed by atoms with Crippen molar-refractivity contribution in [3.8, 4) is 0 Å². The van der Waals surface area contributed by atoms with E-state index in [1.807, 2.05) is 54.6 Å². The first-order chi connectivity index (χ1) is 15.1. The fraction of sp³-hybridized carbons (Fsp3) is 0.192. The van der Waals surface area contributed by atoms with Crippen molar-refractivity contribution in [1.29, 1.82) is 0 Å². The average molecular weight is 429 g/mol. The predicted molar refractivity (Wildman–Crippen MR) is 123 cm³/mol. The van der Waals surface area contributed by atoms with Crippen LogP contribution in [0.1, 0.15) is 23.1 Å². The highest BCUT2D eigenvalue weighted by Gasteiger charge is 2.35. The molecule has 0 aliphatic carbocycles. The summed E-state index contributed by atoms with van der Waals surface area (Å²) in [6.07, 6.45) is 3.99. The van der Waals surface area contributed by atoms with Crippen LogP contribution in [0.15, 0.2) is 96.0 Å². The maximum absolute atomic E-state index is 14.1. The SMILES string of the molecule is O=S(=O)(c1cccc2cccnc12)N1Cc2ccccc2CCC1Cc1ccccc1. The van der Waals surface area contributed by atoms with Crippen LogP contribution in [0, 0.1) is 0 Å². The van der Waals surface area contributed by atoms with Crippen LogP contribution >= 0.6 is 0 Å². The van der Waals surface area contributed by atoms with E-state index in [9.17, 15) is 8.42 Å². The Bertz CT molecular complexity index is 1310. The standard InChI is InChI=1S/C26H24N2O2S/c29-31(30,25-14-6-12-22-13-7-17-27-26(22)25)28-19-23-11-5-4-10-21(23)15-16-24(28)18-20-8-2-1-3-9-20/h1-14,17,24H,15-16,18-19H2. The molecule has 4 aromatic rings. The van der Waals surface area contributed by atoms with Gasteiger partial charge in [0.25, 0.3) is 0 Å². The lowest BCUT2D eigenvalue weighted by atomic mass is 9.99. The van der Waals surface area contributed by atoms with Gasteiger partial charge in [-0.25, -0.2) is 8.42 Å². The molecule has 3 aromatic carbocycles. The summed E-state index contributed by atoms with van der Waals surface area (Å²) in [5.41, 5.74) is 3.99. The third kappa shape index (κ3) is 3.87. The number of aryl methyl sites for hydroxylation is 1. The summed E-state index contributed by atoms with van der Waals surface area (Å²) in [4.78, 5) is 4.69. The van der Waals surface area contributed by atoms with Crippen LogP contribution in [-0.2, 0) is 29.4 Å². The normalized spacial score (nSPS) is 17.2. The van der Waals surface area contributed by atoms with Gasteiger partial charge in [-0.2, -0.15) is 4.31 Å². The van der Waals surface area contributed by atoms with E-state index >= 15 is 0 Å². The minimum Gasteiger partial charge on any atom is -0.255 e. The van der Waals surface area contributed by atoms with E-state index in [4.69, 9.17) is 0 Å². The first-order valence-corrected chi connectivity index (χ1v) is 12.0. The zero-order chi connectivity index (χ0) is 21.3. The van der Waals surface area contributed by atoms with Crippen LogP contribution in [-0.4, -0.2) is 23.7 Å². The number of fused-ring (bicyclic) bond motifs is 2. The molecule has 1 aromatic heterocycles. The molecule has 5 heteroatoms.